The summed E-state index contributed by atoms with van der Waals surface area (Å²) in [5.74, 6) is -0.776. The maximum Gasteiger partial charge on any atom is 0.269 e. The molecule has 9 nitrogen and oxygen atoms in total. The van der Waals surface area contributed by atoms with E-state index in [1.807, 2.05) is 6.07 Å². The van der Waals surface area contributed by atoms with Crippen molar-refractivity contribution >= 4 is 23.2 Å². The molecule has 9 heteroatoms. The molecule has 0 aromatic heterocycles. The van der Waals surface area contributed by atoms with Crippen molar-refractivity contribution in [3.8, 4) is 11.1 Å². The number of rotatable bonds is 6. The summed E-state index contributed by atoms with van der Waals surface area (Å²) in [5, 5.41) is 16.5. The molecule has 1 heterocycles. The van der Waals surface area contributed by atoms with E-state index in [0.29, 0.717) is 35.6 Å². The van der Waals surface area contributed by atoms with Gasteiger partial charge in [0, 0.05) is 28.9 Å². The second kappa shape index (κ2) is 10.7. The second-order valence-corrected chi connectivity index (χ2v) is 7.64. The Hall–Kier alpha value is -4.08. The third-order valence-corrected chi connectivity index (χ3v) is 5.27. The topological polar surface area (TPSA) is 120 Å². The molecular formula is C25H23N3O6. The Kier molecular flexibility index (Phi) is 7.26. The number of carbonyl (C=O) groups is 2. The molecule has 34 heavy (non-hydrogen) atoms. The Bertz CT molecular complexity index is 1170. The number of amides is 2. The molecule has 0 spiro atoms. The number of ether oxygens (including phenoxy) is 2. The van der Waals surface area contributed by atoms with Gasteiger partial charge < -0.3 is 20.1 Å². The Morgan fingerprint density at radius 2 is 1.56 bits per heavy atom. The Morgan fingerprint density at radius 1 is 0.882 bits per heavy atom. The molecule has 0 unspecified atom stereocenters. The molecule has 2 N–H and O–H groups in total. The van der Waals surface area contributed by atoms with Gasteiger partial charge in [0.1, 0.15) is 0 Å². The fraction of sp³-hybridized carbons (Fsp3) is 0.200. The lowest BCUT2D eigenvalue weighted by Gasteiger charge is -2.19. The fourth-order valence-corrected chi connectivity index (χ4v) is 3.52. The molecule has 174 valence electrons. The van der Waals surface area contributed by atoms with Crippen LogP contribution in [0.25, 0.3) is 11.1 Å². The average molecular weight is 461 g/mol. The van der Waals surface area contributed by atoms with Gasteiger partial charge in [-0.3, -0.25) is 19.7 Å². The molecule has 0 radical (unpaired) electrons. The third-order valence-electron chi connectivity index (χ3n) is 5.27. The predicted molar refractivity (Wildman–Crippen MR) is 125 cm³/mol. The van der Waals surface area contributed by atoms with Crippen molar-refractivity contribution in [1.82, 2.24) is 5.32 Å². The molecule has 4 rings (SSSR count). The summed E-state index contributed by atoms with van der Waals surface area (Å²) in [6.45, 7) is 0.931. The highest BCUT2D eigenvalue weighted by atomic mass is 16.7. The highest BCUT2D eigenvalue weighted by Crippen LogP contribution is 2.29. The number of nitrogens with zero attached hydrogens (tertiary/aromatic N) is 1. The largest absolute Gasteiger partial charge is 0.335 e. The van der Waals surface area contributed by atoms with E-state index in [4.69, 9.17) is 9.47 Å². The van der Waals surface area contributed by atoms with E-state index >= 15 is 0 Å². The van der Waals surface area contributed by atoms with Crippen LogP contribution in [0.1, 0.15) is 33.6 Å². The molecule has 1 fully saturated rings. The predicted octanol–water partition coefficient (Wildman–Crippen LogP) is 4.35. The SMILES string of the molecule is O=C(Nc1ccc(-c2ccc([N+](=O)[O-])cc2)c(C(=O)NC2OCCCCO2)c1)c1ccccc1. The van der Waals surface area contributed by atoms with Crippen LogP contribution in [0.3, 0.4) is 0 Å². The van der Waals surface area contributed by atoms with E-state index in [9.17, 15) is 19.7 Å². The molecule has 1 saturated heterocycles. The first-order valence-electron chi connectivity index (χ1n) is 10.8. The summed E-state index contributed by atoms with van der Waals surface area (Å²) in [6.07, 6.45) is 0.783. The summed E-state index contributed by atoms with van der Waals surface area (Å²) < 4.78 is 11.1. The second-order valence-electron chi connectivity index (χ2n) is 7.64. The van der Waals surface area contributed by atoms with Gasteiger partial charge >= 0.3 is 0 Å². The van der Waals surface area contributed by atoms with Gasteiger partial charge in [-0.2, -0.15) is 0 Å². The molecular weight excluding hydrogens is 438 g/mol. The quantitative estimate of drug-likeness (QED) is 0.416. The molecule has 3 aromatic rings. The zero-order chi connectivity index (χ0) is 23.9. The third kappa shape index (κ3) is 5.64. The van der Waals surface area contributed by atoms with Gasteiger partial charge in [0.2, 0.25) is 6.41 Å². The molecule has 0 atom stereocenters. The van der Waals surface area contributed by atoms with Crippen LogP contribution in [-0.2, 0) is 9.47 Å². The summed E-state index contributed by atoms with van der Waals surface area (Å²) in [6, 6.07) is 19.5. The summed E-state index contributed by atoms with van der Waals surface area (Å²) in [5.41, 5.74) is 2.26. The number of nitro benzene ring substituents is 1. The molecule has 0 bridgehead atoms. The van der Waals surface area contributed by atoms with Crippen LogP contribution >= 0.6 is 0 Å². The van der Waals surface area contributed by atoms with Crippen molar-refractivity contribution in [2.24, 2.45) is 0 Å². The van der Waals surface area contributed by atoms with Crippen LogP contribution in [0, 0.1) is 10.1 Å². The number of hydrogen-bond donors (Lipinski definition) is 2. The van der Waals surface area contributed by atoms with Gasteiger partial charge in [-0.1, -0.05) is 24.3 Å². The maximum atomic E-state index is 13.2. The molecule has 1 aliphatic heterocycles. The van der Waals surface area contributed by atoms with Crippen molar-refractivity contribution in [2.45, 2.75) is 19.3 Å². The minimum absolute atomic E-state index is 0.0539. The molecule has 1 aliphatic rings. The zero-order valence-electron chi connectivity index (χ0n) is 18.2. The van der Waals surface area contributed by atoms with Crippen molar-refractivity contribution in [3.63, 3.8) is 0 Å². The first-order chi connectivity index (χ1) is 16.5. The van der Waals surface area contributed by atoms with Gasteiger partial charge in [-0.05, 0) is 60.4 Å². The van der Waals surface area contributed by atoms with E-state index < -0.39 is 17.2 Å². The van der Waals surface area contributed by atoms with Gasteiger partial charge in [-0.25, -0.2) is 0 Å². The lowest BCUT2D eigenvalue weighted by atomic mass is 9.98. The Balaban J connectivity index is 1.64. The number of anilines is 1. The van der Waals surface area contributed by atoms with Gasteiger partial charge in [0.05, 0.1) is 18.1 Å². The van der Waals surface area contributed by atoms with E-state index in [-0.39, 0.29) is 17.2 Å². The standard InChI is InChI=1S/C25H23N3O6/c29-23(18-6-2-1-3-7-18)26-19-10-13-21(17-8-11-20(12-9-17)28(31)32)22(16-19)24(30)27-25-33-14-4-5-15-34-25/h1-3,6-13,16,25H,4-5,14-15H2,(H,26,29)(H,27,30). The number of carbonyl (C=O) groups excluding carboxylic acids is 2. The number of non-ortho nitro benzene ring substituents is 1. The molecule has 0 saturated carbocycles. The normalized spacial score (nSPS) is 14.1. The molecule has 3 aromatic carbocycles. The van der Waals surface area contributed by atoms with E-state index in [0.717, 1.165) is 12.8 Å². The van der Waals surface area contributed by atoms with Crippen molar-refractivity contribution in [3.05, 3.63) is 94.0 Å². The fourth-order valence-electron chi connectivity index (χ4n) is 3.52. The summed E-state index contributed by atoms with van der Waals surface area (Å²) in [4.78, 5) is 36.3. The minimum atomic E-state index is -0.887. The molecule has 0 aliphatic carbocycles. The van der Waals surface area contributed by atoms with E-state index in [2.05, 4.69) is 10.6 Å². The van der Waals surface area contributed by atoms with Crippen LogP contribution in [0.5, 0.6) is 0 Å². The first kappa shape index (κ1) is 23.1. The Labute approximate surface area is 195 Å². The monoisotopic (exact) mass is 461 g/mol. The van der Waals surface area contributed by atoms with Gasteiger partial charge in [0.25, 0.3) is 17.5 Å². The summed E-state index contributed by atoms with van der Waals surface area (Å²) in [7, 11) is 0. The van der Waals surface area contributed by atoms with Crippen molar-refractivity contribution < 1.29 is 24.0 Å². The van der Waals surface area contributed by atoms with Gasteiger partial charge in [0.15, 0.2) is 0 Å². The highest BCUT2D eigenvalue weighted by Gasteiger charge is 2.21. The van der Waals surface area contributed by atoms with Crippen molar-refractivity contribution in [1.29, 1.82) is 0 Å². The molecule has 2 amide bonds. The van der Waals surface area contributed by atoms with Crippen LogP contribution in [0.2, 0.25) is 0 Å². The lowest BCUT2D eigenvalue weighted by Crippen LogP contribution is -2.38. The highest BCUT2D eigenvalue weighted by molar-refractivity contribution is 6.06. The van der Waals surface area contributed by atoms with Crippen molar-refractivity contribution in [2.75, 3.05) is 18.5 Å². The summed E-state index contributed by atoms with van der Waals surface area (Å²) >= 11 is 0. The lowest BCUT2D eigenvalue weighted by molar-refractivity contribution is -0.384. The number of hydrogen-bond acceptors (Lipinski definition) is 6. The van der Waals surface area contributed by atoms with Crippen LogP contribution in [0.4, 0.5) is 11.4 Å². The average Bonchev–Trinajstić information content (AvgIpc) is 3.13. The van der Waals surface area contributed by atoms with E-state index in [1.54, 1.807) is 54.6 Å². The minimum Gasteiger partial charge on any atom is -0.335 e. The van der Waals surface area contributed by atoms with Crippen LogP contribution in [-0.4, -0.2) is 36.4 Å². The maximum absolute atomic E-state index is 13.2. The Morgan fingerprint density at radius 3 is 2.21 bits per heavy atom. The van der Waals surface area contributed by atoms with Crippen LogP contribution < -0.4 is 10.6 Å². The van der Waals surface area contributed by atoms with Gasteiger partial charge in [-0.15, -0.1) is 0 Å². The number of nitro groups is 1. The smallest absolute Gasteiger partial charge is 0.269 e. The first-order valence-corrected chi connectivity index (χ1v) is 10.8. The van der Waals surface area contributed by atoms with E-state index in [1.165, 1.54) is 12.1 Å². The van der Waals surface area contributed by atoms with Crippen LogP contribution in [0.15, 0.2) is 72.8 Å². The number of benzene rings is 3. The zero-order valence-corrected chi connectivity index (χ0v) is 18.2. The number of nitrogens with one attached hydrogen (secondary N) is 2.